The van der Waals surface area contributed by atoms with E-state index in [4.69, 9.17) is 4.98 Å². The number of aliphatic imine (C=N–C) groups is 1. The summed E-state index contributed by atoms with van der Waals surface area (Å²) < 4.78 is 0. The smallest absolute Gasteiger partial charge is 0.255 e. The number of H-pyrrole nitrogens is 1. The first-order valence-corrected chi connectivity index (χ1v) is 9.69. The molecule has 0 saturated heterocycles. The molecule has 2 aliphatic heterocycles. The minimum Gasteiger partial charge on any atom is -0.305 e. The van der Waals surface area contributed by atoms with Crippen LogP contribution in [0.2, 0.25) is 0 Å². The predicted octanol–water partition coefficient (Wildman–Crippen LogP) is 2.86. The number of aromatic nitrogens is 2. The van der Waals surface area contributed by atoms with Crippen LogP contribution in [-0.2, 0) is 25.9 Å². The lowest BCUT2D eigenvalue weighted by Gasteiger charge is -2.28. The van der Waals surface area contributed by atoms with Crippen LogP contribution in [0.4, 0.5) is 0 Å². The summed E-state index contributed by atoms with van der Waals surface area (Å²) in [4.78, 5) is 27.2. The topological polar surface area (TPSA) is 61.4 Å². The molecule has 1 aromatic carbocycles. The highest BCUT2D eigenvalue weighted by Crippen LogP contribution is 2.18. The van der Waals surface area contributed by atoms with Crippen molar-refractivity contribution >= 4 is 5.71 Å². The number of hydrogen-bond acceptors (Lipinski definition) is 4. The van der Waals surface area contributed by atoms with Crippen LogP contribution in [0.15, 0.2) is 34.1 Å². The van der Waals surface area contributed by atoms with Gasteiger partial charge in [-0.25, -0.2) is 4.98 Å². The maximum Gasteiger partial charge on any atom is 0.255 e. The third kappa shape index (κ3) is 3.63. The van der Waals surface area contributed by atoms with Gasteiger partial charge in [0.2, 0.25) is 0 Å². The van der Waals surface area contributed by atoms with Gasteiger partial charge in [0.05, 0.1) is 17.0 Å². The summed E-state index contributed by atoms with van der Waals surface area (Å²) in [6, 6.07) is 8.78. The molecule has 0 bridgehead atoms. The van der Waals surface area contributed by atoms with Crippen molar-refractivity contribution in [1.29, 1.82) is 0 Å². The zero-order valence-corrected chi connectivity index (χ0v) is 15.4. The summed E-state index contributed by atoms with van der Waals surface area (Å²) in [7, 11) is 0. The molecule has 5 heteroatoms. The van der Waals surface area contributed by atoms with Gasteiger partial charge >= 0.3 is 0 Å². The summed E-state index contributed by atoms with van der Waals surface area (Å²) in [5.74, 6) is 0.692. The van der Waals surface area contributed by atoms with Gasteiger partial charge in [-0.1, -0.05) is 31.2 Å². The molecule has 2 aromatic rings. The van der Waals surface area contributed by atoms with E-state index < -0.39 is 0 Å². The average Bonchev–Trinajstić information content (AvgIpc) is 2.69. The standard InChI is InChI=1S/C21H26N4O/c1-2-15-6-8-16(9-7-15)13-25-12-10-18-17(14-25)21(26)24-20(23-18)19-5-3-4-11-22-19/h6-9H,2-5,10-14H2,1H3,(H,23,24,26). The van der Waals surface area contributed by atoms with E-state index in [1.54, 1.807) is 0 Å². The quantitative estimate of drug-likeness (QED) is 0.922. The van der Waals surface area contributed by atoms with E-state index >= 15 is 0 Å². The number of rotatable bonds is 4. The minimum atomic E-state index is 0.00399. The average molecular weight is 350 g/mol. The van der Waals surface area contributed by atoms with Crippen LogP contribution in [0.3, 0.4) is 0 Å². The highest BCUT2D eigenvalue weighted by atomic mass is 16.1. The Morgan fingerprint density at radius 1 is 1.12 bits per heavy atom. The largest absolute Gasteiger partial charge is 0.305 e. The van der Waals surface area contributed by atoms with Crippen LogP contribution >= 0.6 is 0 Å². The van der Waals surface area contributed by atoms with Gasteiger partial charge in [0.25, 0.3) is 5.56 Å². The highest BCUT2D eigenvalue weighted by Gasteiger charge is 2.22. The van der Waals surface area contributed by atoms with Crippen molar-refractivity contribution in [2.45, 2.75) is 52.1 Å². The van der Waals surface area contributed by atoms with E-state index in [0.717, 1.165) is 68.7 Å². The molecule has 5 nitrogen and oxygen atoms in total. The third-order valence-electron chi connectivity index (χ3n) is 5.38. The summed E-state index contributed by atoms with van der Waals surface area (Å²) in [6.07, 6.45) is 5.07. The molecule has 0 amide bonds. The van der Waals surface area contributed by atoms with E-state index in [9.17, 15) is 4.79 Å². The Bertz CT molecular complexity index is 867. The fraction of sp³-hybridized carbons (Fsp3) is 0.476. The van der Waals surface area contributed by atoms with E-state index in [1.807, 2.05) is 0 Å². The molecule has 136 valence electrons. The van der Waals surface area contributed by atoms with Crippen LogP contribution in [0.5, 0.6) is 0 Å². The molecule has 0 saturated carbocycles. The molecule has 1 aromatic heterocycles. The van der Waals surface area contributed by atoms with Gasteiger partial charge in [-0.05, 0) is 36.8 Å². The SMILES string of the molecule is CCc1ccc(CN2CCc3nc(C4=NCCCC4)[nH]c(=O)c3C2)cc1. The summed E-state index contributed by atoms with van der Waals surface area (Å²) in [5, 5.41) is 0. The summed E-state index contributed by atoms with van der Waals surface area (Å²) in [5.41, 5.74) is 5.40. The summed E-state index contributed by atoms with van der Waals surface area (Å²) >= 11 is 0. The first-order chi connectivity index (χ1) is 12.7. The van der Waals surface area contributed by atoms with Crippen molar-refractivity contribution in [3.63, 3.8) is 0 Å². The Balaban J connectivity index is 1.51. The monoisotopic (exact) mass is 350 g/mol. The Morgan fingerprint density at radius 2 is 1.92 bits per heavy atom. The molecule has 1 N–H and O–H groups in total. The zero-order chi connectivity index (χ0) is 17.9. The van der Waals surface area contributed by atoms with Crippen LogP contribution in [0.1, 0.15) is 54.4 Å². The lowest BCUT2D eigenvalue weighted by molar-refractivity contribution is 0.241. The maximum absolute atomic E-state index is 12.6. The van der Waals surface area contributed by atoms with Crippen molar-refractivity contribution in [3.05, 3.63) is 62.8 Å². The number of benzene rings is 1. The van der Waals surface area contributed by atoms with E-state index in [0.29, 0.717) is 12.4 Å². The molecule has 3 heterocycles. The first-order valence-electron chi connectivity index (χ1n) is 9.69. The van der Waals surface area contributed by atoms with Gasteiger partial charge in [0, 0.05) is 32.6 Å². The number of nitrogens with one attached hydrogen (secondary N) is 1. The molecular weight excluding hydrogens is 324 g/mol. The maximum atomic E-state index is 12.6. The van der Waals surface area contributed by atoms with Crippen molar-refractivity contribution < 1.29 is 0 Å². The van der Waals surface area contributed by atoms with E-state index in [1.165, 1.54) is 11.1 Å². The lowest BCUT2D eigenvalue weighted by Crippen LogP contribution is -2.36. The molecule has 2 aliphatic rings. The highest BCUT2D eigenvalue weighted by molar-refractivity contribution is 5.97. The normalized spacial score (nSPS) is 17.7. The Morgan fingerprint density at radius 3 is 2.65 bits per heavy atom. The van der Waals surface area contributed by atoms with Gasteiger partial charge in [0.15, 0.2) is 5.82 Å². The molecule has 0 unspecified atom stereocenters. The van der Waals surface area contributed by atoms with Crippen LogP contribution in [-0.4, -0.2) is 33.7 Å². The lowest BCUT2D eigenvalue weighted by atomic mass is 10.0. The van der Waals surface area contributed by atoms with Crippen molar-refractivity contribution in [1.82, 2.24) is 14.9 Å². The second-order valence-corrected chi connectivity index (χ2v) is 7.26. The predicted molar refractivity (Wildman–Crippen MR) is 104 cm³/mol. The van der Waals surface area contributed by atoms with Crippen LogP contribution < -0.4 is 5.56 Å². The van der Waals surface area contributed by atoms with Gasteiger partial charge in [0.1, 0.15) is 0 Å². The van der Waals surface area contributed by atoms with Crippen LogP contribution in [0, 0.1) is 0 Å². The van der Waals surface area contributed by atoms with Crippen molar-refractivity contribution in [2.75, 3.05) is 13.1 Å². The fourth-order valence-corrected chi connectivity index (χ4v) is 3.78. The molecule has 0 radical (unpaired) electrons. The minimum absolute atomic E-state index is 0.00399. The molecule has 0 fully saturated rings. The Hall–Kier alpha value is -2.27. The van der Waals surface area contributed by atoms with Crippen molar-refractivity contribution in [3.8, 4) is 0 Å². The molecule has 26 heavy (non-hydrogen) atoms. The van der Waals surface area contributed by atoms with E-state index in [-0.39, 0.29) is 5.56 Å². The Kier molecular flexibility index (Phi) is 4.98. The number of aromatic amines is 1. The van der Waals surface area contributed by atoms with Crippen LogP contribution in [0.25, 0.3) is 0 Å². The number of nitrogens with zero attached hydrogens (tertiary/aromatic N) is 3. The molecule has 0 atom stereocenters. The Labute approximate surface area is 154 Å². The van der Waals surface area contributed by atoms with Crippen molar-refractivity contribution in [2.24, 2.45) is 4.99 Å². The van der Waals surface area contributed by atoms with Gasteiger partial charge in [-0.15, -0.1) is 0 Å². The van der Waals surface area contributed by atoms with Gasteiger partial charge in [-0.2, -0.15) is 0 Å². The number of fused-ring (bicyclic) bond motifs is 1. The first kappa shape index (κ1) is 17.2. The molecule has 0 aliphatic carbocycles. The zero-order valence-electron chi connectivity index (χ0n) is 15.4. The second-order valence-electron chi connectivity index (χ2n) is 7.26. The molecule has 4 rings (SSSR count). The van der Waals surface area contributed by atoms with Gasteiger partial charge in [-0.3, -0.25) is 14.7 Å². The summed E-state index contributed by atoms with van der Waals surface area (Å²) in [6.45, 7) is 5.49. The molecular formula is C21H26N4O. The second kappa shape index (κ2) is 7.54. The fourth-order valence-electron chi connectivity index (χ4n) is 3.78. The molecule has 0 spiro atoms. The number of hydrogen-bond donors (Lipinski definition) is 1. The van der Waals surface area contributed by atoms with Gasteiger partial charge < -0.3 is 4.98 Å². The number of aryl methyl sites for hydroxylation is 1. The third-order valence-corrected chi connectivity index (χ3v) is 5.38. The van der Waals surface area contributed by atoms with E-state index in [2.05, 4.69) is 46.1 Å².